The minimum Gasteiger partial charge on any atom is -0.463 e. The molecule has 0 saturated carbocycles. The summed E-state index contributed by atoms with van der Waals surface area (Å²) in [4.78, 5) is 10.8. The van der Waals surface area contributed by atoms with Crippen molar-refractivity contribution in [2.75, 3.05) is 6.61 Å². The summed E-state index contributed by atoms with van der Waals surface area (Å²) in [7, 11) is 1.58. The van der Waals surface area contributed by atoms with E-state index >= 15 is 0 Å². The first-order chi connectivity index (χ1) is 5.70. The lowest BCUT2D eigenvalue weighted by Crippen LogP contribution is -2.07. The van der Waals surface area contributed by atoms with E-state index in [9.17, 15) is 4.79 Å². The van der Waals surface area contributed by atoms with Crippen LogP contribution in [0.3, 0.4) is 0 Å². The average molecular weight is 169 g/mol. The Morgan fingerprint density at radius 3 is 2.83 bits per heavy atom. The van der Waals surface area contributed by atoms with Crippen molar-refractivity contribution in [3.05, 3.63) is 12.2 Å². The molecule has 4 heteroatoms. The largest absolute Gasteiger partial charge is 0.463 e. The van der Waals surface area contributed by atoms with Crippen molar-refractivity contribution in [3.8, 4) is 0 Å². The molecular weight excluding hydrogens is 155 g/mol. The Bertz CT molecular complexity index is 156. The van der Waals surface area contributed by atoms with Gasteiger partial charge in [0, 0.05) is 6.08 Å². The summed E-state index contributed by atoms with van der Waals surface area (Å²) in [5, 5.41) is 0. The summed E-state index contributed by atoms with van der Waals surface area (Å²) in [6.45, 7) is 5.80. The molecule has 67 valence electrons. The summed E-state index contributed by atoms with van der Waals surface area (Å²) in [6, 6.07) is 0. The van der Waals surface area contributed by atoms with Gasteiger partial charge < -0.3 is 9.39 Å². The second kappa shape index (κ2) is 6.92. The maximum atomic E-state index is 10.8. The van der Waals surface area contributed by atoms with Gasteiger partial charge in [0.2, 0.25) is 0 Å². The molecule has 0 amide bonds. The van der Waals surface area contributed by atoms with Gasteiger partial charge in [0.25, 0.3) is 7.48 Å². The van der Waals surface area contributed by atoms with Crippen molar-refractivity contribution < 1.29 is 14.2 Å². The normalized spacial score (nSPS) is 12.9. The lowest BCUT2D eigenvalue weighted by molar-refractivity contribution is -0.137. The molecule has 0 aliphatic carbocycles. The first kappa shape index (κ1) is 11.2. The number of hydrogen-bond acceptors (Lipinski definition) is 3. The number of esters is 1. The second-order valence-electron chi connectivity index (χ2n) is 2.19. The molecule has 0 N–H and O–H groups in total. The number of carbonyl (C=O) groups is 1. The van der Waals surface area contributed by atoms with Crippen LogP contribution in [0.1, 0.15) is 13.8 Å². The molecule has 1 atom stereocenters. The Hall–Kier alpha value is -0.765. The Balaban J connectivity index is 3.65. The number of carbonyl (C=O) groups excluding carboxylic acids is 1. The second-order valence-corrected chi connectivity index (χ2v) is 2.19. The highest BCUT2D eigenvalue weighted by Gasteiger charge is 1.97. The molecule has 0 aromatic carbocycles. The van der Waals surface area contributed by atoms with Gasteiger partial charge in [-0.3, -0.25) is 0 Å². The van der Waals surface area contributed by atoms with Gasteiger partial charge in [-0.1, -0.05) is 12.9 Å². The zero-order valence-electron chi connectivity index (χ0n) is 7.74. The molecule has 0 spiro atoms. The topological polar surface area (TPSA) is 35.5 Å². The summed E-state index contributed by atoms with van der Waals surface area (Å²) in [6.07, 6.45) is 2.94. The third-order valence-corrected chi connectivity index (χ3v) is 1.14. The van der Waals surface area contributed by atoms with E-state index < -0.39 is 0 Å². The van der Waals surface area contributed by atoms with E-state index in [4.69, 9.17) is 4.65 Å². The first-order valence-corrected chi connectivity index (χ1v) is 3.99. The van der Waals surface area contributed by atoms with E-state index in [0.717, 1.165) is 0 Å². The number of ether oxygens (including phenoxy) is 1. The fraction of sp³-hybridized carbons (Fsp3) is 0.625. The highest BCUT2D eigenvalue weighted by atomic mass is 16.5. The van der Waals surface area contributed by atoms with Crippen LogP contribution in [0.5, 0.6) is 0 Å². The molecule has 12 heavy (non-hydrogen) atoms. The van der Waals surface area contributed by atoms with Crippen LogP contribution < -0.4 is 0 Å². The van der Waals surface area contributed by atoms with Gasteiger partial charge in [-0.2, -0.15) is 0 Å². The third-order valence-electron chi connectivity index (χ3n) is 1.14. The third kappa shape index (κ3) is 5.98. The van der Waals surface area contributed by atoms with Crippen molar-refractivity contribution in [2.45, 2.75) is 26.8 Å². The molecule has 0 rings (SSSR count). The van der Waals surface area contributed by atoms with Gasteiger partial charge in [0.05, 0.1) is 12.7 Å². The minimum atomic E-state index is -0.330. The highest BCUT2D eigenvalue weighted by molar-refractivity contribution is 6.24. The maximum absolute atomic E-state index is 10.8. The molecule has 1 radical (unpaired) electrons. The van der Waals surface area contributed by atoms with Gasteiger partial charge in [0.1, 0.15) is 0 Å². The van der Waals surface area contributed by atoms with Crippen molar-refractivity contribution in [1.29, 1.82) is 0 Å². The van der Waals surface area contributed by atoms with E-state index in [1.54, 1.807) is 27.3 Å². The van der Waals surface area contributed by atoms with Gasteiger partial charge in [0.15, 0.2) is 0 Å². The molecule has 0 aromatic rings. The van der Waals surface area contributed by atoms with Crippen molar-refractivity contribution in [3.63, 3.8) is 0 Å². The van der Waals surface area contributed by atoms with E-state index in [1.165, 1.54) is 6.08 Å². The van der Waals surface area contributed by atoms with Gasteiger partial charge in [-0.15, -0.1) is 0 Å². The van der Waals surface area contributed by atoms with Crippen molar-refractivity contribution in [2.24, 2.45) is 0 Å². The van der Waals surface area contributed by atoms with Crippen molar-refractivity contribution >= 4 is 13.5 Å². The van der Waals surface area contributed by atoms with Crippen molar-refractivity contribution in [1.82, 2.24) is 0 Å². The molecule has 3 nitrogen and oxygen atoms in total. The fourth-order valence-corrected chi connectivity index (χ4v) is 0.664. The van der Waals surface area contributed by atoms with Crippen LogP contribution in [-0.2, 0) is 14.2 Å². The molecule has 0 aromatic heterocycles. The van der Waals surface area contributed by atoms with Gasteiger partial charge >= 0.3 is 5.97 Å². The van der Waals surface area contributed by atoms with E-state index in [1.807, 2.05) is 6.92 Å². The molecule has 0 aliphatic heterocycles. The first-order valence-electron chi connectivity index (χ1n) is 3.99. The molecule has 0 heterocycles. The summed E-state index contributed by atoms with van der Waals surface area (Å²) in [5.74, 6) is -0.330. The summed E-state index contributed by atoms with van der Waals surface area (Å²) in [5.41, 5.74) is 0. The quantitative estimate of drug-likeness (QED) is 0.352. The van der Waals surface area contributed by atoms with Crippen LogP contribution in [0.2, 0.25) is 6.82 Å². The van der Waals surface area contributed by atoms with E-state index in [-0.39, 0.29) is 12.1 Å². The van der Waals surface area contributed by atoms with Gasteiger partial charge in [-0.25, -0.2) is 4.79 Å². The number of hydrogen-bond donors (Lipinski definition) is 0. The summed E-state index contributed by atoms with van der Waals surface area (Å²) < 4.78 is 9.73. The van der Waals surface area contributed by atoms with Crippen LogP contribution in [0.15, 0.2) is 12.2 Å². The molecule has 0 bridgehead atoms. The van der Waals surface area contributed by atoms with Crippen LogP contribution in [0, 0.1) is 0 Å². The van der Waals surface area contributed by atoms with Crippen LogP contribution in [-0.4, -0.2) is 26.2 Å². The predicted octanol–water partition coefficient (Wildman–Crippen LogP) is 1.18. The standard InChI is InChI=1S/C8H14BO3/c1-4-11-8(10)6-5-7(2)12-9-3/h5-7H,4H2,1-3H3/b6-5+. The highest BCUT2D eigenvalue weighted by Crippen LogP contribution is 1.92. The minimum absolute atomic E-state index is 0.0839. The zero-order valence-corrected chi connectivity index (χ0v) is 7.74. The van der Waals surface area contributed by atoms with Crippen LogP contribution >= 0.6 is 0 Å². The SMILES string of the molecule is C[B]OC(C)/C=C/C(=O)OCC. The molecular formula is C8H14BO3. The monoisotopic (exact) mass is 169 g/mol. The average Bonchev–Trinajstić information content (AvgIpc) is 2.02. The Labute approximate surface area is 74.0 Å². The predicted molar refractivity (Wildman–Crippen MR) is 47.9 cm³/mol. The van der Waals surface area contributed by atoms with Crippen LogP contribution in [0.4, 0.5) is 0 Å². The van der Waals surface area contributed by atoms with Crippen LogP contribution in [0.25, 0.3) is 0 Å². The summed E-state index contributed by atoms with van der Waals surface area (Å²) >= 11 is 0. The van der Waals surface area contributed by atoms with E-state index in [0.29, 0.717) is 6.61 Å². The Morgan fingerprint density at radius 1 is 1.67 bits per heavy atom. The molecule has 1 unspecified atom stereocenters. The zero-order chi connectivity index (χ0) is 9.40. The molecule has 0 fully saturated rings. The lowest BCUT2D eigenvalue weighted by Gasteiger charge is -2.04. The Morgan fingerprint density at radius 2 is 2.33 bits per heavy atom. The molecule has 0 aliphatic rings. The fourth-order valence-electron chi connectivity index (χ4n) is 0.664. The maximum Gasteiger partial charge on any atom is 0.330 e. The van der Waals surface area contributed by atoms with Gasteiger partial charge in [-0.05, 0) is 13.8 Å². The number of rotatable bonds is 5. The smallest absolute Gasteiger partial charge is 0.330 e. The Kier molecular flexibility index (Phi) is 6.47. The molecule has 0 saturated heterocycles. The van der Waals surface area contributed by atoms with E-state index in [2.05, 4.69) is 4.74 Å². The lowest BCUT2D eigenvalue weighted by atomic mass is 10.1.